The van der Waals surface area contributed by atoms with Gasteiger partial charge in [0, 0.05) is 11.6 Å². The van der Waals surface area contributed by atoms with Gasteiger partial charge in [0.1, 0.15) is 0 Å². The van der Waals surface area contributed by atoms with Gasteiger partial charge in [0.2, 0.25) is 0 Å². The van der Waals surface area contributed by atoms with Gasteiger partial charge in [-0.3, -0.25) is 4.90 Å². The van der Waals surface area contributed by atoms with Gasteiger partial charge >= 0.3 is 0 Å². The number of hydrogen-bond acceptors (Lipinski definition) is 2. The van der Waals surface area contributed by atoms with Crippen LogP contribution in [-0.2, 0) is 0 Å². The van der Waals surface area contributed by atoms with E-state index < -0.39 is 0 Å². The van der Waals surface area contributed by atoms with Gasteiger partial charge in [-0.1, -0.05) is 58.3 Å². The molecule has 1 atom stereocenters. The van der Waals surface area contributed by atoms with Gasteiger partial charge in [0.05, 0.1) is 0 Å². The Kier molecular flexibility index (Phi) is 8.79. The summed E-state index contributed by atoms with van der Waals surface area (Å²) < 4.78 is 0. The van der Waals surface area contributed by atoms with E-state index in [0.717, 1.165) is 0 Å². The quantitative estimate of drug-likeness (QED) is 0.587. The van der Waals surface area contributed by atoms with E-state index in [1.807, 2.05) is 0 Å². The topological polar surface area (TPSA) is 29.3 Å². The third-order valence-electron chi connectivity index (χ3n) is 5.20. The summed E-state index contributed by atoms with van der Waals surface area (Å²) in [4.78, 5) is 2.63. The first kappa shape index (κ1) is 18.0. The van der Waals surface area contributed by atoms with E-state index in [0.29, 0.717) is 6.04 Å². The van der Waals surface area contributed by atoms with Gasteiger partial charge in [0.25, 0.3) is 0 Å². The molecule has 1 rings (SSSR count). The van der Waals surface area contributed by atoms with Crippen LogP contribution in [0.3, 0.4) is 0 Å². The van der Waals surface area contributed by atoms with Crippen LogP contribution >= 0.6 is 0 Å². The number of unbranched alkanes of at least 4 members (excludes halogenated alkanes) is 6. The molecule has 0 amide bonds. The lowest BCUT2D eigenvalue weighted by Gasteiger charge is -2.44. The van der Waals surface area contributed by atoms with Crippen molar-refractivity contribution in [2.24, 2.45) is 5.73 Å². The molecule has 1 unspecified atom stereocenters. The predicted molar refractivity (Wildman–Crippen MR) is 90.1 cm³/mol. The van der Waals surface area contributed by atoms with Crippen molar-refractivity contribution in [1.82, 2.24) is 4.90 Å². The van der Waals surface area contributed by atoms with E-state index in [1.54, 1.807) is 0 Å². The molecule has 0 aromatic rings. The number of hydrogen-bond donors (Lipinski definition) is 1. The molecule has 1 aliphatic rings. The Morgan fingerprint density at radius 2 is 1.45 bits per heavy atom. The van der Waals surface area contributed by atoms with Crippen LogP contribution in [0.2, 0.25) is 0 Å². The van der Waals surface area contributed by atoms with Crippen LogP contribution in [0.5, 0.6) is 0 Å². The Labute approximate surface area is 127 Å². The molecular weight excluding hydrogens is 244 g/mol. The minimum atomic E-state index is 0.183. The molecule has 0 saturated carbocycles. The summed E-state index contributed by atoms with van der Waals surface area (Å²) in [5.41, 5.74) is 6.69. The highest BCUT2D eigenvalue weighted by molar-refractivity contribution is 4.92. The lowest BCUT2D eigenvalue weighted by molar-refractivity contribution is 0.0698. The molecule has 120 valence electrons. The number of rotatable bonds is 10. The van der Waals surface area contributed by atoms with Crippen molar-refractivity contribution in [1.29, 1.82) is 0 Å². The van der Waals surface area contributed by atoms with E-state index in [1.165, 1.54) is 83.7 Å². The maximum absolute atomic E-state index is 6.50. The second kappa shape index (κ2) is 9.78. The molecular formula is C18H38N2. The fourth-order valence-corrected chi connectivity index (χ4v) is 3.38. The summed E-state index contributed by atoms with van der Waals surface area (Å²) in [6.45, 7) is 9.48. The monoisotopic (exact) mass is 282 g/mol. The Hall–Kier alpha value is -0.0800. The molecule has 1 fully saturated rings. The lowest BCUT2D eigenvalue weighted by Crippen LogP contribution is -2.57. The summed E-state index contributed by atoms with van der Waals surface area (Å²) in [7, 11) is 0. The van der Waals surface area contributed by atoms with E-state index in [4.69, 9.17) is 5.73 Å². The molecule has 1 saturated heterocycles. The fourth-order valence-electron chi connectivity index (χ4n) is 3.38. The minimum Gasteiger partial charge on any atom is -0.326 e. The minimum absolute atomic E-state index is 0.183. The van der Waals surface area contributed by atoms with Gasteiger partial charge < -0.3 is 5.73 Å². The number of nitrogens with zero attached hydrogens (tertiary/aromatic N) is 1. The van der Waals surface area contributed by atoms with Crippen LogP contribution in [0.15, 0.2) is 0 Å². The van der Waals surface area contributed by atoms with Gasteiger partial charge in [-0.2, -0.15) is 0 Å². The molecule has 20 heavy (non-hydrogen) atoms. The first-order valence-corrected chi connectivity index (χ1v) is 9.09. The zero-order valence-corrected chi connectivity index (χ0v) is 14.3. The summed E-state index contributed by atoms with van der Waals surface area (Å²) >= 11 is 0. The Balaban J connectivity index is 2.15. The molecule has 0 bridgehead atoms. The molecule has 0 radical (unpaired) electrons. The van der Waals surface area contributed by atoms with Crippen LogP contribution in [0.4, 0.5) is 0 Å². The Morgan fingerprint density at radius 3 is 2.05 bits per heavy atom. The largest absolute Gasteiger partial charge is 0.326 e. The van der Waals surface area contributed by atoms with Gasteiger partial charge in [-0.25, -0.2) is 0 Å². The molecule has 0 aromatic carbocycles. The standard InChI is InChI=1S/C18H38N2/c1-4-5-6-7-8-9-11-14-17(19)18(2,3)20-15-12-10-13-16-20/h17H,4-16,19H2,1-3H3. The van der Waals surface area contributed by atoms with Crippen molar-refractivity contribution >= 4 is 0 Å². The number of piperidine rings is 1. The van der Waals surface area contributed by atoms with Crippen molar-refractivity contribution < 1.29 is 0 Å². The summed E-state index contributed by atoms with van der Waals surface area (Å²) in [6, 6.07) is 0.330. The van der Waals surface area contributed by atoms with Crippen LogP contribution in [0, 0.1) is 0 Å². The maximum atomic E-state index is 6.50. The average molecular weight is 283 g/mol. The first-order valence-electron chi connectivity index (χ1n) is 9.09. The molecule has 1 aliphatic heterocycles. The van der Waals surface area contributed by atoms with Crippen LogP contribution in [-0.4, -0.2) is 29.6 Å². The summed E-state index contributed by atoms with van der Waals surface area (Å²) in [5.74, 6) is 0. The van der Waals surface area contributed by atoms with E-state index >= 15 is 0 Å². The first-order chi connectivity index (χ1) is 9.59. The zero-order valence-electron chi connectivity index (χ0n) is 14.3. The Bertz CT molecular complexity index is 232. The lowest BCUT2D eigenvalue weighted by atomic mass is 9.87. The predicted octanol–water partition coefficient (Wildman–Crippen LogP) is 4.72. The van der Waals surface area contributed by atoms with Crippen molar-refractivity contribution in [3.05, 3.63) is 0 Å². The van der Waals surface area contributed by atoms with Crippen LogP contribution in [0.25, 0.3) is 0 Å². The SMILES string of the molecule is CCCCCCCCCC(N)C(C)(C)N1CCCCC1. The third-order valence-corrected chi connectivity index (χ3v) is 5.20. The number of likely N-dealkylation sites (tertiary alicyclic amines) is 1. The van der Waals surface area contributed by atoms with E-state index in [-0.39, 0.29) is 5.54 Å². The fraction of sp³-hybridized carbons (Fsp3) is 1.00. The highest BCUT2D eigenvalue weighted by Gasteiger charge is 2.33. The van der Waals surface area contributed by atoms with Crippen LogP contribution in [0.1, 0.15) is 91.4 Å². The molecule has 0 aliphatic carbocycles. The highest BCUT2D eigenvalue weighted by Crippen LogP contribution is 2.25. The Morgan fingerprint density at radius 1 is 0.900 bits per heavy atom. The summed E-state index contributed by atoms with van der Waals surface area (Å²) in [6.07, 6.45) is 15.0. The average Bonchev–Trinajstić information content (AvgIpc) is 2.47. The van der Waals surface area contributed by atoms with Crippen molar-refractivity contribution in [2.45, 2.75) is 103 Å². The van der Waals surface area contributed by atoms with E-state index in [9.17, 15) is 0 Å². The zero-order chi connectivity index (χ0) is 14.8. The van der Waals surface area contributed by atoms with Gasteiger partial charge in [-0.15, -0.1) is 0 Å². The van der Waals surface area contributed by atoms with Gasteiger partial charge in [-0.05, 0) is 46.2 Å². The number of nitrogens with two attached hydrogens (primary N) is 1. The molecule has 2 heteroatoms. The van der Waals surface area contributed by atoms with E-state index in [2.05, 4.69) is 25.7 Å². The van der Waals surface area contributed by atoms with Crippen molar-refractivity contribution in [3.8, 4) is 0 Å². The second-order valence-electron chi connectivity index (χ2n) is 7.22. The molecule has 0 spiro atoms. The molecule has 2 nitrogen and oxygen atoms in total. The second-order valence-corrected chi connectivity index (χ2v) is 7.22. The summed E-state index contributed by atoms with van der Waals surface area (Å²) in [5, 5.41) is 0. The van der Waals surface area contributed by atoms with Crippen molar-refractivity contribution in [3.63, 3.8) is 0 Å². The molecule has 2 N–H and O–H groups in total. The third kappa shape index (κ3) is 6.13. The highest BCUT2D eigenvalue weighted by atomic mass is 15.2. The normalized spacial score (nSPS) is 19.2. The molecule has 1 heterocycles. The van der Waals surface area contributed by atoms with Crippen molar-refractivity contribution in [2.75, 3.05) is 13.1 Å². The molecule has 0 aromatic heterocycles. The maximum Gasteiger partial charge on any atom is 0.0304 e. The van der Waals surface area contributed by atoms with Crippen LogP contribution < -0.4 is 5.73 Å². The smallest absolute Gasteiger partial charge is 0.0304 e. The van der Waals surface area contributed by atoms with Gasteiger partial charge in [0.15, 0.2) is 0 Å².